The summed E-state index contributed by atoms with van der Waals surface area (Å²) in [5.74, 6) is 0.399. The minimum Gasteiger partial charge on any atom is -0.369 e. The summed E-state index contributed by atoms with van der Waals surface area (Å²) >= 11 is 0. The van der Waals surface area contributed by atoms with Crippen molar-refractivity contribution in [3.8, 4) is 0 Å². The number of anilines is 2. The predicted octanol–water partition coefficient (Wildman–Crippen LogP) is 4.68. The minimum atomic E-state index is -0.180. The third kappa shape index (κ3) is 5.16. The lowest BCUT2D eigenvalue weighted by Crippen LogP contribution is -2.17. The van der Waals surface area contributed by atoms with Gasteiger partial charge in [0.05, 0.1) is 5.56 Å². The Morgan fingerprint density at radius 2 is 1.75 bits per heavy atom. The van der Waals surface area contributed by atoms with Crippen LogP contribution in [0.2, 0.25) is 0 Å². The second-order valence-corrected chi connectivity index (χ2v) is 7.72. The minimum absolute atomic E-state index is 0.0806. The molecule has 0 saturated carbocycles. The predicted molar refractivity (Wildman–Crippen MR) is 114 cm³/mol. The van der Waals surface area contributed by atoms with Crippen LogP contribution in [0.1, 0.15) is 42.3 Å². The number of aromatic nitrogens is 2. The number of nitrogens with one attached hydrogen (secondary N) is 2. The molecule has 144 valence electrons. The van der Waals surface area contributed by atoms with Crippen molar-refractivity contribution in [1.82, 2.24) is 9.97 Å². The highest BCUT2D eigenvalue weighted by Crippen LogP contribution is 2.24. The first-order valence-corrected chi connectivity index (χ1v) is 9.43. The summed E-state index contributed by atoms with van der Waals surface area (Å²) in [7, 11) is 0. The van der Waals surface area contributed by atoms with E-state index >= 15 is 0 Å². The van der Waals surface area contributed by atoms with Gasteiger partial charge >= 0.3 is 0 Å². The summed E-state index contributed by atoms with van der Waals surface area (Å²) < 4.78 is 0. The average Bonchev–Trinajstić information content (AvgIpc) is 2.69. The van der Waals surface area contributed by atoms with Crippen molar-refractivity contribution < 1.29 is 4.79 Å². The van der Waals surface area contributed by atoms with Crippen LogP contribution in [0.25, 0.3) is 0 Å². The molecule has 0 aliphatic rings. The van der Waals surface area contributed by atoms with Crippen molar-refractivity contribution in [3.05, 3.63) is 83.8 Å². The first-order valence-electron chi connectivity index (χ1n) is 9.43. The monoisotopic (exact) mass is 374 g/mol. The van der Waals surface area contributed by atoms with E-state index in [2.05, 4.69) is 41.4 Å². The number of benzene rings is 1. The van der Waals surface area contributed by atoms with Gasteiger partial charge in [0.2, 0.25) is 0 Å². The molecule has 0 atom stereocenters. The number of carbonyl (C=O) groups is 1. The number of nitrogens with zero attached hydrogens (tertiary/aromatic N) is 2. The Labute approximate surface area is 166 Å². The Kier molecular flexibility index (Phi) is 6.04. The smallest absolute Gasteiger partial charge is 0.259 e. The Morgan fingerprint density at radius 1 is 1.00 bits per heavy atom. The van der Waals surface area contributed by atoms with E-state index in [1.165, 1.54) is 5.56 Å². The van der Waals surface area contributed by atoms with Crippen LogP contribution < -0.4 is 10.6 Å². The van der Waals surface area contributed by atoms with E-state index in [9.17, 15) is 4.79 Å². The number of hydrogen-bond donors (Lipinski definition) is 2. The molecule has 28 heavy (non-hydrogen) atoms. The van der Waals surface area contributed by atoms with Gasteiger partial charge in [-0.05, 0) is 53.3 Å². The number of amides is 1. The van der Waals surface area contributed by atoms with E-state index in [0.29, 0.717) is 17.9 Å². The summed E-state index contributed by atoms with van der Waals surface area (Å²) in [6.45, 7) is 7.17. The fraction of sp³-hybridized carbons (Fsp3) is 0.261. The molecule has 5 heteroatoms. The molecule has 0 saturated heterocycles. The number of rotatable bonds is 6. The lowest BCUT2D eigenvalue weighted by atomic mass is 9.87. The standard InChI is InChI=1S/C23H26N4O/c1-23(2,3)18-8-10-19(11-9-18)27-22(28)20-7-5-14-25-21(20)26-15-12-17-6-4-13-24-16-17/h4-11,13-14,16H,12,15H2,1-3H3,(H,25,26)(H,27,28). The van der Waals surface area contributed by atoms with Gasteiger partial charge in [0.1, 0.15) is 5.82 Å². The van der Waals surface area contributed by atoms with Gasteiger partial charge in [0, 0.05) is 30.8 Å². The third-order valence-electron chi connectivity index (χ3n) is 4.49. The quantitative estimate of drug-likeness (QED) is 0.657. The first kappa shape index (κ1) is 19.5. The van der Waals surface area contributed by atoms with Crippen LogP contribution in [0.5, 0.6) is 0 Å². The average molecular weight is 374 g/mol. The van der Waals surface area contributed by atoms with Gasteiger partial charge in [0.15, 0.2) is 0 Å². The van der Waals surface area contributed by atoms with Gasteiger partial charge in [-0.3, -0.25) is 9.78 Å². The Hall–Kier alpha value is -3.21. The normalized spacial score (nSPS) is 11.1. The Balaban J connectivity index is 1.65. The van der Waals surface area contributed by atoms with Crippen LogP contribution in [0.4, 0.5) is 11.5 Å². The summed E-state index contributed by atoms with van der Waals surface area (Å²) in [5, 5.41) is 6.21. The molecule has 1 aromatic carbocycles. The summed E-state index contributed by atoms with van der Waals surface area (Å²) in [4.78, 5) is 21.2. The number of hydrogen-bond acceptors (Lipinski definition) is 4. The zero-order valence-corrected chi connectivity index (χ0v) is 16.6. The van der Waals surface area contributed by atoms with Crippen LogP contribution in [-0.2, 0) is 11.8 Å². The maximum atomic E-state index is 12.7. The van der Waals surface area contributed by atoms with E-state index < -0.39 is 0 Å². The highest BCUT2D eigenvalue weighted by atomic mass is 16.1. The molecule has 5 nitrogen and oxygen atoms in total. The molecule has 0 radical (unpaired) electrons. The van der Waals surface area contributed by atoms with Crippen molar-refractivity contribution in [2.45, 2.75) is 32.6 Å². The van der Waals surface area contributed by atoms with Gasteiger partial charge in [-0.15, -0.1) is 0 Å². The molecule has 3 aromatic rings. The van der Waals surface area contributed by atoms with Crippen molar-refractivity contribution >= 4 is 17.4 Å². The van der Waals surface area contributed by atoms with E-state index in [4.69, 9.17) is 0 Å². The van der Waals surface area contributed by atoms with Crippen LogP contribution in [0.3, 0.4) is 0 Å². The summed E-state index contributed by atoms with van der Waals surface area (Å²) in [5.41, 5.74) is 3.73. The van der Waals surface area contributed by atoms with E-state index in [1.54, 1.807) is 24.5 Å². The second kappa shape index (κ2) is 8.65. The molecule has 0 aliphatic carbocycles. The highest BCUT2D eigenvalue weighted by molar-refractivity contribution is 6.07. The van der Waals surface area contributed by atoms with Gasteiger partial charge in [-0.25, -0.2) is 4.98 Å². The lowest BCUT2D eigenvalue weighted by molar-refractivity contribution is 0.102. The van der Waals surface area contributed by atoms with Gasteiger partial charge in [-0.1, -0.05) is 39.0 Å². The Bertz CT molecular complexity index is 915. The molecule has 0 fully saturated rings. The summed E-state index contributed by atoms with van der Waals surface area (Å²) in [6, 6.07) is 15.5. The van der Waals surface area contributed by atoms with E-state index in [0.717, 1.165) is 17.7 Å². The molecule has 3 rings (SSSR count). The SMILES string of the molecule is CC(C)(C)c1ccc(NC(=O)c2cccnc2NCCc2cccnc2)cc1. The molecule has 0 unspecified atom stereocenters. The maximum absolute atomic E-state index is 12.7. The fourth-order valence-corrected chi connectivity index (χ4v) is 2.85. The van der Waals surface area contributed by atoms with Crippen LogP contribution >= 0.6 is 0 Å². The van der Waals surface area contributed by atoms with Gasteiger partial charge in [0.25, 0.3) is 5.91 Å². The van der Waals surface area contributed by atoms with E-state index in [-0.39, 0.29) is 11.3 Å². The molecule has 0 spiro atoms. The Morgan fingerprint density at radius 3 is 2.43 bits per heavy atom. The molecule has 2 aromatic heterocycles. The second-order valence-electron chi connectivity index (χ2n) is 7.72. The van der Waals surface area contributed by atoms with Gasteiger partial charge in [-0.2, -0.15) is 0 Å². The zero-order valence-electron chi connectivity index (χ0n) is 16.6. The zero-order chi connectivity index (χ0) is 20.0. The van der Waals surface area contributed by atoms with Crippen molar-refractivity contribution in [2.75, 3.05) is 17.2 Å². The third-order valence-corrected chi connectivity index (χ3v) is 4.49. The van der Waals surface area contributed by atoms with Crippen LogP contribution in [0.15, 0.2) is 67.1 Å². The van der Waals surface area contributed by atoms with Crippen molar-refractivity contribution in [3.63, 3.8) is 0 Å². The van der Waals surface area contributed by atoms with Crippen molar-refractivity contribution in [2.24, 2.45) is 0 Å². The molecule has 1 amide bonds. The van der Waals surface area contributed by atoms with Crippen molar-refractivity contribution in [1.29, 1.82) is 0 Å². The van der Waals surface area contributed by atoms with Crippen LogP contribution in [-0.4, -0.2) is 22.4 Å². The molecular weight excluding hydrogens is 348 g/mol. The topological polar surface area (TPSA) is 66.9 Å². The molecule has 2 heterocycles. The molecule has 0 aliphatic heterocycles. The molecular formula is C23H26N4O. The summed E-state index contributed by atoms with van der Waals surface area (Å²) in [6.07, 6.45) is 6.09. The lowest BCUT2D eigenvalue weighted by Gasteiger charge is -2.19. The molecule has 0 bridgehead atoms. The number of pyridine rings is 2. The highest BCUT2D eigenvalue weighted by Gasteiger charge is 2.15. The van der Waals surface area contributed by atoms with E-state index in [1.807, 2.05) is 42.6 Å². The largest absolute Gasteiger partial charge is 0.369 e. The van der Waals surface area contributed by atoms with Crippen LogP contribution in [0, 0.1) is 0 Å². The first-order chi connectivity index (χ1) is 13.4. The molecule has 2 N–H and O–H groups in total. The maximum Gasteiger partial charge on any atom is 0.259 e. The number of carbonyl (C=O) groups excluding carboxylic acids is 1. The van der Waals surface area contributed by atoms with Gasteiger partial charge < -0.3 is 10.6 Å². The fourth-order valence-electron chi connectivity index (χ4n) is 2.85.